The molecule has 0 unspecified atom stereocenters. The summed E-state index contributed by atoms with van der Waals surface area (Å²) in [6, 6.07) is 0.419. The van der Waals surface area contributed by atoms with Gasteiger partial charge in [-0.1, -0.05) is 13.0 Å². The van der Waals surface area contributed by atoms with Gasteiger partial charge in [0, 0.05) is 44.4 Å². The van der Waals surface area contributed by atoms with E-state index in [0.717, 1.165) is 38.8 Å². The summed E-state index contributed by atoms with van der Waals surface area (Å²) in [5.74, 6) is 0.298. The van der Waals surface area contributed by atoms with Gasteiger partial charge in [0.15, 0.2) is 0 Å². The quantitative estimate of drug-likeness (QED) is 0.783. The predicted molar refractivity (Wildman–Crippen MR) is 90.8 cm³/mol. The highest BCUT2D eigenvalue weighted by Gasteiger charge is 2.52. The molecule has 2 saturated heterocycles. The Bertz CT molecular complexity index is 581. The average molecular weight is 316 g/mol. The van der Waals surface area contributed by atoms with Crippen LogP contribution in [-0.2, 0) is 18.4 Å². The molecule has 1 aromatic heterocycles. The van der Waals surface area contributed by atoms with E-state index >= 15 is 0 Å². The van der Waals surface area contributed by atoms with E-state index in [2.05, 4.69) is 34.6 Å². The van der Waals surface area contributed by atoms with Gasteiger partial charge in [-0.2, -0.15) is 5.10 Å². The molecule has 3 heterocycles. The van der Waals surface area contributed by atoms with Crippen molar-refractivity contribution in [2.45, 2.75) is 57.2 Å². The van der Waals surface area contributed by atoms with Crippen molar-refractivity contribution in [3.8, 4) is 0 Å². The van der Waals surface area contributed by atoms with Crippen molar-refractivity contribution < 1.29 is 4.79 Å². The summed E-state index contributed by atoms with van der Waals surface area (Å²) in [5, 5.41) is 4.29. The van der Waals surface area contributed by atoms with Gasteiger partial charge in [-0.05, 0) is 32.2 Å². The van der Waals surface area contributed by atoms with Crippen molar-refractivity contribution in [1.82, 2.24) is 19.6 Å². The molecule has 2 fully saturated rings. The Kier molecular flexibility index (Phi) is 4.57. The maximum absolute atomic E-state index is 12.4. The molecule has 23 heavy (non-hydrogen) atoms. The van der Waals surface area contributed by atoms with Gasteiger partial charge in [-0.3, -0.25) is 14.4 Å². The van der Waals surface area contributed by atoms with Crippen LogP contribution in [0.5, 0.6) is 0 Å². The molecule has 1 spiro atoms. The summed E-state index contributed by atoms with van der Waals surface area (Å²) in [6.07, 6.45) is 10.9. The third-order valence-electron chi connectivity index (χ3n) is 5.57. The summed E-state index contributed by atoms with van der Waals surface area (Å²) < 4.78 is 1.86. The fourth-order valence-corrected chi connectivity index (χ4v) is 4.73. The Labute approximate surface area is 138 Å². The second-order valence-corrected chi connectivity index (χ2v) is 6.92. The van der Waals surface area contributed by atoms with Crippen LogP contribution in [0.3, 0.4) is 0 Å². The lowest BCUT2D eigenvalue weighted by molar-refractivity contribution is -0.134. The zero-order valence-corrected chi connectivity index (χ0v) is 14.4. The molecule has 3 rings (SSSR count). The zero-order valence-electron chi connectivity index (χ0n) is 14.4. The smallest absolute Gasteiger partial charge is 0.223 e. The third-order valence-corrected chi connectivity index (χ3v) is 5.57. The fraction of sp³-hybridized carbons (Fsp3) is 0.667. The number of aryl methyl sites for hydroxylation is 1. The van der Waals surface area contributed by atoms with Gasteiger partial charge in [-0.15, -0.1) is 6.58 Å². The summed E-state index contributed by atoms with van der Waals surface area (Å²) in [5.41, 5.74) is 1.25. The Balaban J connectivity index is 1.85. The molecule has 0 bridgehead atoms. The Morgan fingerprint density at radius 1 is 1.48 bits per heavy atom. The normalized spacial score (nSPS) is 28.7. The first kappa shape index (κ1) is 16.2. The van der Waals surface area contributed by atoms with Crippen molar-refractivity contribution in [2.75, 3.05) is 13.1 Å². The predicted octanol–water partition coefficient (Wildman–Crippen LogP) is 2.34. The van der Waals surface area contributed by atoms with E-state index in [1.807, 2.05) is 24.0 Å². The molecule has 2 aliphatic heterocycles. The van der Waals surface area contributed by atoms with E-state index in [0.29, 0.717) is 24.9 Å². The average Bonchev–Trinajstić information content (AvgIpc) is 3.07. The Morgan fingerprint density at radius 2 is 2.30 bits per heavy atom. The van der Waals surface area contributed by atoms with E-state index in [1.165, 1.54) is 5.56 Å². The highest BCUT2D eigenvalue weighted by Crippen LogP contribution is 2.43. The largest absolute Gasteiger partial charge is 0.332 e. The van der Waals surface area contributed by atoms with Crippen molar-refractivity contribution in [3.05, 3.63) is 30.6 Å². The Morgan fingerprint density at radius 3 is 2.96 bits per heavy atom. The van der Waals surface area contributed by atoms with Gasteiger partial charge >= 0.3 is 0 Å². The minimum atomic E-state index is 0.000478. The number of aromatic nitrogens is 2. The number of rotatable bonds is 5. The van der Waals surface area contributed by atoms with E-state index in [9.17, 15) is 4.79 Å². The summed E-state index contributed by atoms with van der Waals surface area (Å²) >= 11 is 0. The number of piperidine rings is 1. The van der Waals surface area contributed by atoms with Crippen LogP contribution in [-0.4, -0.2) is 50.2 Å². The minimum absolute atomic E-state index is 0.000478. The molecular weight excluding hydrogens is 288 g/mol. The van der Waals surface area contributed by atoms with Gasteiger partial charge in [0.2, 0.25) is 5.91 Å². The first-order valence-electron chi connectivity index (χ1n) is 8.73. The standard InChI is InChI=1S/C18H28N4O/c1-4-10-22-17(23)7-9-18(22)8-6-11-21(16(18)5-2)14-15-12-19-20(3)13-15/h4,12-13,16H,1,5-11,14H2,2-3H3/t16-,18+/m0/s1. The second-order valence-electron chi connectivity index (χ2n) is 6.92. The number of hydrogen-bond donors (Lipinski definition) is 0. The molecule has 0 saturated carbocycles. The summed E-state index contributed by atoms with van der Waals surface area (Å²) in [6.45, 7) is 8.81. The first-order chi connectivity index (χ1) is 11.1. The molecule has 0 radical (unpaired) electrons. The van der Waals surface area contributed by atoms with Crippen molar-refractivity contribution in [3.63, 3.8) is 0 Å². The van der Waals surface area contributed by atoms with E-state index in [4.69, 9.17) is 0 Å². The minimum Gasteiger partial charge on any atom is -0.332 e. The SMILES string of the molecule is C=CCN1C(=O)CC[C@@]12CCCN(Cc1cnn(C)c1)[C@H]2CC. The van der Waals surface area contributed by atoms with Gasteiger partial charge in [-0.25, -0.2) is 0 Å². The second kappa shape index (κ2) is 6.48. The molecule has 5 nitrogen and oxygen atoms in total. The van der Waals surface area contributed by atoms with Crippen LogP contribution in [0.4, 0.5) is 0 Å². The molecule has 0 N–H and O–H groups in total. The van der Waals surface area contributed by atoms with Gasteiger partial charge in [0.05, 0.1) is 11.7 Å². The van der Waals surface area contributed by atoms with Gasteiger partial charge in [0.25, 0.3) is 0 Å². The molecule has 1 amide bonds. The number of likely N-dealkylation sites (tertiary alicyclic amines) is 2. The molecule has 0 aromatic carbocycles. The number of carbonyl (C=O) groups excluding carboxylic acids is 1. The zero-order chi connectivity index (χ0) is 16.4. The summed E-state index contributed by atoms with van der Waals surface area (Å²) in [7, 11) is 1.96. The molecule has 1 aromatic rings. The van der Waals surface area contributed by atoms with Crippen LogP contribution in [0.15, 0.2) is 25.0 Å². The maximum Gasteiger partial charge on any atom is 0.223 e. The lowest BCUT2D eigenvalue weighted by Crippen LogP contribution is -2.62. The Hall–Kier alpha value is -1.62. The highest BCUT2D eigenvalue weighted by atomic mass is 16.2. The van der Waals surface area contributed by atoms with Gasteiger partial charge < -0.3 is 4.90 Å². The molecule has 2 aliphatic rings. The van der Waals surface area contributed by atoms with E-state index in [1.54, 1.807) is 0 Å². The first-order valence-corrected chi connectivity index (χ1v) is 8.73. The highest BCUT2D eigenvalue weighted by molar-refractivity contribution is 5.80. The topological polar surface area (TPSA) is 41.4 Å². The monoisotopic (exact) mass is 316 g/mol. The van der Waals surface area contributed by atoms with Crippen molar-refractivity contribution in [2.24, 2.45) is 7.05 Å². The van der Waals surface area contributed by atoms with Crippen LogP contribution < -0.4 is 0 Å². The molecule has 2 atom stereocenters. The number of nitrogens with zero attached hydrogens (tertiary/aromatic N) is 4. The lowest BCUT2D eigenvalue weighted by Gasteiger charge is -2.52. The van der Waals surface area contributed by atoms with Gasteiger partial charge in [0.1, 0.15) is 0 Å². The molecule has 126 valence electrons. The maximum atomic E-state index is 12.4. The molecule has 0 aliphatic carbocycles. The molecule has 5 heteroatoms. The lowest BCUT2D eigenvalue weighted by atomic mass is 9.77. The fourth-order valence-electron chi connectivity index (χ4n) is 4.73. The van der Waals surface area contributed by atoms with E-state index < -0.39 is 0 Å². The van der Waals surface area contributed by atoms with Crippen LogP contribution in [0.1, 0.15) is 44.6 Å². The molecular formula is C18H28N4O. The third kappa shape index (κ3) is 2.82. The van der Waals surface area contributed by atoms with E-state index in [-0.39, 0.29) is 5.54 Å². The van der Waals surface area contributed by atoms with Crippen LogP contribution in [0.25, 0.3) is 0 Å². The van der Waals surface area contributed by atoms with Crippen molar-refractivity contribution >= 4 is 5.91 Å². The van der Waals surface area contributed by atoms with Crippen LogP contribution >= 0.6 is 0 Å². The van der Waals surface area contributed by atoms with Crippen LogP contribution in [0, 0.1) is 0 Å². The summed E-state index contributed by atoms with van der Waals surface area (Å²) in [4.78, 5) is 17.1. The number of hydrogen-bond acceptors (Lipinski definition) is 3. The number of carbonyl (C=O) groups is 1. The number of amides is 1. The van der Waals surface area contributed by atoms with Crippen molar-refractivity contribution in [1.29, 1.82) is 0 Å². The van der Waals surface area contributed by atoms with Crippen LogP contribution in [0.2, 0.25) is 0 Å².